The zero-order valence-electron chi connectivity index (χ0n) is 15.2. The number of amides is 1. The molecule has 4 rings (SSSR count). The molecule has 2 aromatic heterocycles. The van der Waals surface area contributed by atoms with Crippen molar-refractivity contribution in [2.24, 2.45) is 5.92 Å². The molecule has 3 aromatic rings. The van der Waals surface area contributed by atoms with Gasteiger partial charge in [0.1, 0.15) is 5.82 Å². The first-order valence-corrected chi connectivity index (χ1v) is 9.13. The summed E-state index contributed by atoms with van der Waals surface area (Å²) in [4.78, 5) is 23.4. The lowest BCUT2D eigenvalue weighted by Gasteiger charge is -2.32. The van der Waals surface area contributed by atoms with E-state index in [1.807, 2.05) is 41.9 Å². The van der Waals surface area contributed by atoms with Gasteiger partial charge in [-0.2, -0.15) is 5.10 Å². The lowest BCUT2D eigenvalue weighted by atomic mass is 9.97. The quantitative estimate of drug-likeness (QED) is 0.772. The van der Waals surface area contributed by atoms with Crippen LogP contribution in [0.5, 0.6) is 0 Å². The van der Waals surface area contributed by atoms with Gasteiger partial charge >= 0.3 is 0 Å². The van der Waals surface area contributed by atoms with Gasteiger partial charge in [0.25, 0.3) is 0 Å². The highest BCUT2D eigenvalue weighted by Crippen LogP contribution is 2.23. The highest BCUT2D eigenvalue weighted by atomic mass is 16.1. The molecule has 1 aliphatic heterocycles. The third kappa shape index (κ3) is 3.81. The van der Waals surface area contributed by atoms with Gasteiger partial charge in [0.15, 0.2) is 0 Å². The van der Waals surface area contributed by atoms with Crippen LogP contribution < -0.4 is 10.2 Å². The number of aryl methyl sites for hydroxylation is 1. The number of hydrogen-bond acceptors (Lipinski definition) is 5. The standard InChI is InChI=1S/C20H22N6O/c1-15-7-8-23-26(15)18-6-2-5-17(12-18)24-20(27)16-4-3-11-25(14-16)19-13-21-9-10-22-19/h2,5-10,12-13,16H,3-4,11,14H2,1H3,(H,24,27). The van der Waals surface area contributed by atoms with Gasteiger partial charge in [-0.15, -0.1) is 0 Å². The van der Waals surface area contributed by atoms with E-state index in [0.717, 1.165) is 42.3 Å². The Morgan fingerprint density at radius 3 is 2.93 bits per heavy atom. The van der Waals surface area contributed by atoms with E-state index in [-0.39, 0.29) is 11.8 Å². The van der Waals surface area contributed by atoms with Gasteiger partial charge in [-0.3, -0.25) is 9.78 Å². The molecule has 0 bridgehead atoms. The summed E-state index contributed by atoms with van der Waals surface area (Å²) in [6, 6.07) is 9.71. The Hall–Kier alpha value is -3.22. The average Bonchev–Trinajstić information content (AvgIpc) is 3.15. The number of nitrogens with one attached hydrogen (secondary N) is 1. The van der Waals surface area contributed by atoms with E-state index in [4.69, 9.17) is 0 Å². The molecule has 1 fully saturated rings. The molecule has 0 aliphatic carbocycles. The first kappa shape index (κ1) is 17.2. The van der Waals surface area contributed by atoms with Crippen molar-refractivity contribution in [3.63, 3.8) is 0 Å². The van der Waals surface area contributed by atoms with Crippen LogP contribution in [0.4, 0.5) is 11.5 Å². The Labute approximate surface area is 158 Å². The Bertz CT molecular complexity index is 923. The molecule has 1 aliphatic rings. The van der Waals surface area contributed by atoms with Crippen LogP contribution in [0, 0.1) is 12.8 Å². The fourth-order valence-electron chi connectivity index (χ4n) is 3.45. The van der Waals surface area contributed by atoms with E-state index >= 15 is 0 Å². The minimum atomic E-state index is -0.0733. The zero-order chi connectivity index (χ0) is 18.6. The third-order valence-electron chi connectivity index (χ3n) is 4.86. The Kier molecular flexibility index (Phi) is 4.82. The third-order valence-corrected chi connectivity index (χ3v) is 4.86. The lowest BCUT2D eigenvalue weighted by Crippen LogP contribution is -2.41. The summed E-state index contributed by atoms with van der Waals surface area (Å²) < 4.78 is 1.85. The fraction of sp³-hybridized carbons (Fsp3) is 0.300. The minimum absolute atomic E-state index is 0.0397. The number of nitrogens with zero attached hydrogens (tertiary/aromatic N) is 5. The Morgan fingerprint density at radius 2 is 2.15 bits per heavy atom. The maximum Gasteiger partial charge on any atom is 0.229 e. The molecule has 0 saturated carbocycles. The summed E-state index contributed by atoms with van der Waals surface area (Å²) in [5.74, 6) is 0.792. The van der Waals surface area contributed by atoms with E-state index in [9.17, 15) is 4.79 Å². The van der Waals surface area contributed by atoms with Crippen molar-refractivity contribution >= 4 is 17.4 Å². The van der Waals surface area contributed by atoms with Crippen molar-refractivity contribution in [1.29, 1.82) is 0 Å². The molecule has 27 heavy (non-hydrogen) atoms. The predicted molar refractivity (Wildman–Crippen MR) is 104 cm³/mol. The average molecular weight is 362 g/mol. The molecular formula is C20H22N6O. The van der Waals surface area contributed by atoms with E-state index in [2.05, 4.69) is 25.3 Å². The summed E-state index contributed by atoms with van der Waals surface area (Å²) in [7, 11) is 0. The molecule has 1 aromatic carbocycles. The minimum Gasteiger partial charge on any atom is -0.355 e. The van der Waals surface area contributed by atoms with Gasteiger partial charge in [-0.25, -0.2) is 9.67 Å². The molecule has 1 amide bonds. The Balaban J connectivity index is 1.45. The first-order chi connectivity index (χ1) is 13.2. The van der Waals surface area contributed by atoms with Crippen LogP contribution in [0.15, 0.2) is 55.1 Å². The summed E-state index contributed by atoms with van der Waals surface area (Å²) in [6.07, 6.45) is 8.69. The highest BCUT2D eigenvalue weighted by molar-refractivity contribution is 5.93. The van der Waals surface area contributed by atoms with E-state index < -0.39 is 0 Å². The van der Waals surface area contributed by atoms with Gasteiger partial charge in [0.2, 0.25) is 5.91 Å². The van der Waals surface area contributed by atoms with Crippen LogP contribution in [-0.2, 0) is 4.79 Å². The van der Waals surface area contributed by atoms with Crippen LogP contribution in [0.3, 0.4) is 0 Å². The number of aromatic nitrogens is 4. The smallest absolute Gasteiger partial charge is 0.229 e. The number of carbonyl (C=O) groups excluding carboxylic acids is 1. The summed E-state index contributed by atoms with van der Waals surface area (Å²) in [5, 5.41) is 7.39. The monoisotopic (exact) mass is 362 g/mol. The van der Waals surface area contributed by atoms with Crippen LogP contribution in [0.1, 0.15) is 18.5 Å². The maximum atomic E-state index is 12.8. The van der Waals surface area contributed by atoms with Crippen molar-refractivity contribution in [2.45, 2.75) is 19.8 Å². The van der Waals surface area contributed by atoms with Crippen molar-refractivity contribution in [2.75, 3.05) is 23.3 Å². The molecule has 0 radical (unpaired) electrons. The van der Waals surface area contributed by atoms with Crippen molar-refractivity contribution in [1.82, 2.24) is 19.7 Å². The molecule has 1 atom stereocenters. The number of hydrogen-bond donors (Lipinski definition) is 1. The molecule has 0 spiro atoms. The topological polar surface area (TPSA) is 75.9 Å². The van der Waals surface area contributed by atoms with Gasteiger partial charge in [-0.05, 0) is 44.0 Å². The molecule has 1 N–H and O–H groups in total. The normalized spacial score (nSPS) is 16.9. The zero-order valence-corrected chi connectivity index (χ0v) is 15.2. The summed E-state index contributed by atoms with van der Waals surface area (Å²) in [6.45, 7) is 3.56. The molecule has 1 saturated heterocycles. The molecule has 7 heteroatoms. The molecule has 7 nitrogen and oxygen atoms in total. The van der Waals surface area contributed by atoms with Gasteiger partial charge in [0.05, 0.1) is 17.8 Å². The number of carbonyl (C=O) groups is 1. The molecule has 1 unspecified atom stereocenters. The van der Waals surface area contributed by atoms with E-state index in [1.165, 1.54) is 0 Å². The number of rotatable bonds is 4. The number of piperidine rings is 1. The SMILES string of the molecule is Cc1ccnn1-c1cccc(NC(=O)C2CCCN(c3cnccn3)C2)c1. The largest absolute Gasteiger partial charge is 0.355 e. The molecule has 138 valence electrons. The van der Waals surface area contributed by atoms with Gasteiger partial charge in [-0.1, -0.05) is 6.07 Å². The van der Waals surface area contributed by atoms with E-state index in [0.29, 0.717) is 6.54 Å². The number of benzene rings is 1. The lowest BCUT2D eigenvalue weighted by molar-refractivity contribution is -0.120. The highest BCUT2D eigenvalue weighted by Gasteiger charge is 2.26. The first-order valence-electron chi connectivity index (χ1n) is 9.13. The molecular weight excluding hydrogens is 340 g/mol. The maximum absolute atomic E-state index is 12.8. The van der Waals surface area contributed by atoms with E-state index in [1.54, 1.807) is 24.8 Å². The van der Waals surface area contributed by atoms with Crippen molar-refractivity contribution < 1.29 is 4.79 Å². The second-order valence-corrected chi connectivity index (χ2v) is 6.77. The van der Waals surface area contributed by atoms with Gasteiger partial charge in [0, 0.05) is 43.1 Å². The van der Waals surface area contributed by atoms with Crippen molar-refractivity contribution in [3.05, 3.63) is 60.8 Å². The van der Waals surface area contributed by atoms with Crippen LogP contribution in [0.2, 0.25) is 0 Å². The second kappa shape index (κ2) is 7.57. The predicted octanol–water partition coefficient (Wildman–Crippen LogP) is 2.83. The summed E-state index contributed by atoms with van der Waals surface area (Å²) >= 11 is 0. The molecule has 3 heterocycles. The van der Waals surface area contributed by atoms with Crippen LogP contribution in [0.25, 0.3) is 5.69 Å². The number of anilines is 2. The van der Waals surface area contributed by atoms with Crippen LogP contribution >= 0.6 is 0 Å². The Morgan fingerprint density at radius 1 is 1.22 bits per heavy atom. The summed E-state index contributed by atoms with van der Waals surface area (Å²) in [5.41, 5.74) is 2.76. The van der Waals surface area contributed by atoms with Crippen molar-refractivity contribution in [3.8, 4) is 5.69 Å². The fourth-order valence-corrected chi connectivity index (χ4v) is 3.45. The van der Waals surface area contributed by atoms with Gasteiger partial charge < -0.3 is 10.2 Å². The van der Waals surface area contributed by atoms with Crippen LogP contribution in [-0.4, -0.2) is 38.7 Å². The second-order valence-electron chi connectivity index (χ2n) is 6.77.